The van der Waals surface area contributed by atoms with Crippen molar-refractivity contribution in [3.05, 3.63) is 52.5 Å². The van der Waals surface area contributed by atoms with Crippen LogP contribution in [0.2, 0.25) is 0 Å². The molecule has 0 radical (unpaired) electrons. The van der Waals surface area contributed by atoms with Gasteiger partial charge in [0.2, 0.25) is 10.0 Å². The number of aryl methyl sites for hydroxylation is 1. The molecule has 3 rings (SSSR count). The number of sulfonamides is 2. The highest BCUT2D eigenvalue weighted by Gasteiger charge is 2.26. The van der Waals surface area contributed by atoms with Crippen LogP contribution in [0.15, 0.2) is 56.7 Å². The van der Waals surface area contributed by atoms with Gasteiger partial charge < -0.3 is 0 Å². The molecule has 1 heterocycles. The van der Waals surface area contributed by atoms with Crippen molar-refractivity contribution in [3.8, 4) is 0 Å². The second-order valence-electron chi connectivity index (χ2n) is 6.53. The molecular weight excluding hydrogens is 452 g/mol. The SMILES string of the molecule is Cc1ccc(S(=O)(=O)Nc2cccc(S(=O)(=O)N3CCCCC3)c2)c(Br)c1. The van der Waals surface area contributed by atoms with Gasteiger partial charge in [-0.15, -0.1) is 0 Å². The molecule has 146 valence electrons. The monoisotopic (exact) mass is 472 g/mol. The van der Waals surface area contributed by atoms with Crippen molar-refractivity contribution < 1.29 is 16.8 Å². The normalized spacial score (nSPS) is 16.2. The van der Waals surface area contributed by atoms with Crippen LogP contribution in [0.4, 0.5) is 5.69 Å². The molecule has 0 amide bonds. The first-order valence-corrected chi connectivity index (χ1v) is 12.3. The number of benzene rings is 2. The standard InChI is InChI=1S/C18H21BrN2O4S2/c1-14-8-9-18(17(19)12-14)26(22,23)20-15-6-5-7-16(13-15)27(24,25)21-10-3-2-4-11-21/h5-9,12-13,20H,2-4,10-11H2,1H3. The van der Waals surface area contributed by atoms with Crippen LogP contribution >= 0.6 is 15.9 Å². The van der Waals surface area contributed by atoms with Crippen molar-refractivity contribution in [2.75, 3.05) is 17.8 Å². The number of hydrogen-bond donors (Lipinski definition) is 1. The lowest BCUT2D eigenvalue weighted by atomic mass is 10.2. The molecule has 27 heavy (non-hydrogen) atoms. The van der Waals surface area contributed by atoms with Gasteiger partial charge in [0.05, 0.1) is 10.6 Å². The van der Waals surface area contributed by atoms with Crippen molar-refractivity contribution in [1.82, 2.24) is 4.31 Å². The van der Waals surface area contributed by atoms with Crippen LogP contribution in [-0.2, 0) is 20.0 Å². The molecule has 1 aliphatic heterocycles. The summed E-state index contributed by atoms with van der Waals surface area (Å²) in [5, 5.41) is 0. The van der Waals surface area contributed by atoms with Gasteiger partial charge >= 0.3 is 0 Å². The maximum atomic E-state index is 12.8. The smallest absolute Gasteiger partial charge is 0.263 e. The van der Waals surface area contributed by atoms with Gasteiger partial charge in [-0.3, -0.25) is 4.72 Å². The molecule has 1 fully saturated rings. The first-order chi connectivity index (χ1) is 12.7. The number of piperidine rings is 1. The van der Waals surface area contributed by atoms with E-state index >= 15 is 0 Å². The fraction of sp³-hybridized carbons (Fsp3) is 0.333. The van der Waals surface area contributed by atoms with Crippen LogP contribution in [0.5, 0.6) is 0 Å². The second kappa shape index (κ2) is 7.90. The van der Waals surface area contributed by atoms with Gasteiger partial charge in [-0.05, 0) is 71.6 Å². The van der Waals surface area contributed by atoms with E-state index in [9.17, 15) is 16.8 Å². The molecule has 1 N–H and O–H groups in total. The minimum atomic E-state index is -3.85. The highest BCUT2D eigenvalue weighted by atomic mass is 79.9. The fourth-order valence-corrected chi connectivity index (χ4v) is 6.81. The van der Waals surface area contributed by atoms with Crippen LogP contribution in [0.1, 0.15) is 24.8 Å². The van der Waals surface area contributed by atoms with E-state index in [1.54, 1.807) is 18.2 Å². The largest absolute Gasteiger partial charge is 0.280 e. The quantitative estimate of drug-likeness (QED) is 0.718. The number of rotatable bonds is 5. The van der Waals surface area contributed by atoms with Crippen molar-refractivity contribution in [2.45, 2.75) is 36.0 Å². The Hall–Kier alpha value is -1.42. The van der Waals surface area contributed by atoms with Gasteiger partial charge in [0.25, 0.3) is 10.0 Å². The molecule has 6 nitrogen and oxygen atoms in total. The van der Waals surface area contributed by atoms with Gasteiger partial charge in [-0.1, -0.05) is 18.6 Å². The number of nitrogens with zero attached hydrogens (tertiary/aromatic N) is 1. The predicted octanol–water partition coefficient (Wildman–Crippen LogP) is 3.73. The molecule has 0 saturated carbocycles. The van der Waals surface area contributed by atoms with E-state index in [1.807, 2.05) is 6.92 Å². The molecule has 0 atom stereocenters. The number of hydrogen-bond acceptors (Lipinski definition) is 4. The number of nitrogens with one attached hydrogen (secondary N) is 1. The molecule has 0 unspecified atom stereocenters. The Kier molecular flexibility index (Phi) is 5.95. The lowest BCUT2D eigenvalue weighted by Crippen LogP contribution is -2.35. The fourth-order valence-electron chi connectivity index (χ4n) is 3.01. The Bertz CT molecular complexity index is 1050. The van der Waals surface area contributed by atoms with Crippen LogP contribution in [0, 0.1) is 6.92 Å². The molecule has 1 saturated heterocycles. The van der Waals surface area contributed by atoms with Crippen LogP contribution in [0.3, 0.4) is 0 Å². The van der Waals surface area contributed by atoms with E-state index in [-0.39, 0.29) is 15.5 Å². The number of anilines is 1. The molecule has 9 heteroatoms. The third-order valence-corrected chi connectivity index (χ3v) is 8.67. The zero-order valence-corrected chi connectivity index (χ0v) is 18.1. The van der Waals surface area contributed by atoms with Crippen molar-refractivity contribution >= 4 is 41.7 Å². The van der Waals surface area contributed by atoms with E-state index in [4.69, 9.17) is 0 Å². The molecule has 1 aliphatic rings. The molecule has 0 spiro atoms. The highest BCUT2D eigenvalue weighted by molar-refractivity contribution is 9.10. The Balaban J connectivity index is 1.89. The van der Waals surface area contributed by atoms with Gasteiger partial charge in [0, 0.05) is 17.6 Å². The summed E-state index contributed by atoms with van der Waals surface area (Å²) in [7, 11) is -7.48. The first-order valence-electron chi connectivity index (χ1n) is 8.59. The van der Waals surface area contributed by atoms with E-state index in [2.05, 4.69) is 20.7 Å². The topological polar surface area (TPSA) is 83.5 Å². The van der Waals surface area contributed by atoms with Crippen molar-refractivity contribution in [2.24, 2.45) is 0 Å². The minimum Gasteiger partial charge on any atom is -0.280 e. The Morgan fingerprint density at radius 3 is 2.33 bits per heavy atom. The molecule has 0 aromatic heterocycles. The van der Waals surface area contributed by atoms with Gasteiger partial charge in [-0.25, -0.2) is 16.8 Å². The van der Waals surface area contributed by atoms with Gasteiger partial charge in [-0.2, -0.15) is 4.31 Å². The highest BCUT2D eigenvalue weighted by Crippen LogP contribution is 2.27. The average molecular weight is 473 g/mol. The summed E-state index contributed by atoms with van der Waals surface area (Å²) in [5.41, 5.74) is 1.14. The number of halogens is 1. The first kappa shape index (κ1) is 20.3. The molecule has 2 aromatic carbocycles. The summed E-state index contributed by atoms with van der Waals surface area (Å²) < 4.78 is 55.4. The lowest BCUT2D eigenvalue weighted by Gasteiger charge is -2.26. The lowest BCUT2D eigenvalue weighted by molar-refractivity contribution is 0.346. The summed E-state index contributed by atoms with van der Waals surface area (Å²) in [4.78, 5) is 0.185. The van der Waals surface area contributed by atoms with Gasteiger partial charge in [0.15, 0.2) is 0 Å². The third kappa shape index (κ3) is 4.53. The third-order valence-electron chi connectivity index (χ3n) is 4.42. The van der Waals surface area contributed by atoms with Crippen molar-refractivity contribution in [3.63, 3.8) is 0 Å². The average Bonchev–Trinajstić information content (AvgIpc) is 2.62. The molecule has 2 aromatic rings. The van der Waals surface area contributed by atoms with Crippen LogP contribution in [-0.4, -0.2) is 34.2 Å². The Morgan fingerprint density at radius 2 is 1.67 bits per heavy atom. The zero-order valence-electron chi connectivity index (χ0n) is 14.9. The molecule has 0 aliphatic carbocycles. The predicted molar refractivity (Wildman–Crippen MR) is 109 cm³/mol. The minimum absolute atomic E-state index is 0.0903. The van der Waals surface area contributed by atoms with Crippen LogP contribution < -0.4 is 4.72 Å². The molecule has 0 bridgehead atoms. The van der Waals surface area contributed by atoms with E-state index in [0.29, 0.717) is 17.6 Å². The maximum absolute atomic E-state index is 12.8. The van der Waals surface area contributed by atoms with E-state index in [0.717, 1.165) is 24.8 Å². The van der Waals surface area contributed by atoms with E-state index in [1.165, 1.54) is 28.6 Å². The van der Waals surface area contributed by atoms with Crippen molar-refractivity contribution in [1.29, 1.82) is 0 Å². The summed E-state index contributed by atoms with van der Waals surface area (Å²) in [6.45, 7) is 2.85. The Morgan fingerprint density at radius 1 is 0.963 bits per heavy atom. The summed E-state index contributed by atoms with van der Waals surface area (Å²) in [6, 6.07) is 10.9. The summed E-state index contributed by atoms with van der Waals surface area (Å²) in [5.74, 6) is 0. The molecular formula is C18H21BrN2O4S2. The second-order valence-corrected chi connectivity index (χ2v) is 11.0. The zero-order chi connectivity index (χ0) is 19.7. The van der Waals surface area contributed by atoms with Gasteiger partial charge in [0.1, 0.15) is 4.90 Å². The van der Waals surface area contributed by atoms with Crippen LogP contribution in [0.25, 0.3) is 0 Å². The maximum Gasteiger partial charge on any atom is 0.263 e. The summed E-state index contributed by atoms with van der Waals surface area (Å²) in [6.07, 6.45) is 2.71. The Labute approximate surface area is 168 Å². The summed E-state index contributed by atoms with van der Waals surface area (Å²) >= 11 is 3.27. The van der Waals surface area contributed by atoms with E-state index < -0.39 is 20.0 Å².